The van der Waals surface area contributed by atoms with Gasteiger partial charge < -0.3 is 4.74 Å². The van der Waals surface area contributed by atoms with E-state index >= 15 is 0 Å². The molecule has 0 aliphatic carbocycles. The van der Waals surface area contributed by atoms with Crippen LogP contribution < -0.4 is 0 Å². The number of carbonyl (C=O) groups excluding carboxylic acids is 1. The maximum atomic E-state index is 11.4. The first kappa shape index (κ1) is 14.5. The number of hydrogen-bond donors (Lipinski definition) is 0. The molecule has 1 aromatic rings. The minimum Gasteiger partial charge on any atom is -0.459 e. The number of halogens is 1. The Morgan fingerprint density at radius 3 is 2.76 bits per heavy atom. The summed E-state index contributed by atoms with van der Waals surface area (Å²) in [6.45, 7) is 5.61. The molecular weight excluding hydrogens is 302 g/mol. The van der Waals surface area contributed by atoms with Crippen LogP contribution in [-0.4, -0.2) is 22.3 Å². The zero-order chi connectivity index (χ0) is 12.9. The lowest BCUT2D eigenvalue weighted by molar-refractivity contribution is -0.151. The standard InChI is InChI=1S/C12H16BrNO2S/c1-12(2,3)16-11(15)8-17-7-9-4-10(13)6-14-5-9/h4-6H,7-8H2,1-3H3. The molecule has 0 fully saturated rings. The van der Waals surface area contributed by atoms with Crippen molar-refractivity contribution in [2.45, 2.75) is 32.1 Å². The number of pyridine rings is 1. The van der Waals surface area contributed by atoms with E-state index in [2.05, 4.69) is 20.9 Å². The van der Waals surface area contributed by atoms with Crippen LogP contribution in [0.25, 0.3) is 0 Å². The highest BCUT2D eigenvalue weighted by atomic mass is 79.9. The summed E-state index contributed by atoms with van der Waals surface area (Å²) in [5.41, 5.74) is 0.683. The lowest BCUT2D eigenvalue weighted by Crippen LogP contribution is -2.24. The summed E-state index contributed by atoms with van der Waals surface area (Å²) in [6, 6.07) is 2.00. The van der Waals surface area contributed by atoms with Crippen molar-refractivity contribution in [2.24, 2.45) is 0 Å². The molecule has 17 heavy (non-hydrogen) atoms. The van der Waals surface area contributed by atoms with Crippen LogP contribution in [0.5, 0.6) is 0 Å². The number of ether oxygens (including phenoxy) is 1. The number of carbonyl (C=O) groups is 1. The Kier molecular flexibility index (Phi) is 5.46. The third-order valence-corrected chi connectivity index (χ3v) is 3.08. The van der Waals surface area contributed by atoms with Gasteiger partial charge in [0.05, 0.1) is 5.75 Å². The number of thioether (sulfide) groups is 1. The molecule has 0 aliphatic heterocycles. The molecule has 0 N–H and O–H groups in total. The summed E-state index contributed by atoms with van der Waals surface area (Å²) in [7, 11) is 0. The third kappa shape index (κ3) is 6.68. The smallest absolute Gasteiger partial charge is 0.316 e. The largest absolute Gasteiger partial charge is 0.459 e. The second-order valence-electron chi connectivity index (χ2n) is 4.59. The normalized spacial score (nSPS) is 11.3. The predicted octanol–water partition coefficient (Wildman–Crippen LogP) is 3.42. The van der Waals surface area contributed by atoms with Gasteiger partial charge in [0.1, 0.15) is 5.60 Å². The van der Waals surface area contributed by atoms with Crippen LogP contribution in [0, 0.1) is 0 Å². The molecule has 0 aliphatic rings. The van der Waals surface area contributed by atoms with E-state index in [1.807, 2.05) is 26.8 Å². The number of nitrogens with zero attached hydrogens (tertiary/aromatic N) is 1. The third-order valence-electron chi connectivity index (χ3n) is 1.67. The molecule has 0 atom stereocenters. The number of rotatable bonds is 4. The zero-order valence-electron chi connectivity index (χ0n) is 10.2. The molecule has 0 bridgehead atoms. The Morgan fingerprint density at radius 1 is 1.47 bits per heavy atom. The van der Waals surface area contributed by atoms with Crippen LogP contribution in [0.3, 0.4) is 0 Å². The Hall–Kier alpha value is -0.550. The van der Waals surface area contributed by atoms with Crippen LogP contribution >= 0.6 is 27.7 Å². The van der Waals surface area contributed by atoms with E-state index < -0.39 is 5.60 Å². The first-order valence-corrected chi connectivity index (χ1v) is 7.20. The Morgan fingerprint density at radius 2 is 2.18 bits per heavy atom. The van der Waals surface area contributed by atoms with Crippen molar-refractivity contribution in [3.8, 4) is 0 Å². The average Bonchev–Trinajstić information content (AvgIpc) is 2.14. The Balaban J connectivity index is 2.31. The molecule has 5 heteroatoms. The minimum absolute atomic E-state index is 0.176. The van der Waals surface area contributed by atoms with Gasteiger partial charge in [0, 0.05) is 22.6 Å². The van der Waals surface area contributed by atoms with Crippen molar-refractivity contribution in [2.75, 3.05) is 5.75 Å². The molecule has 0 aromatic carbocycles. The molecular formula is C12H16BrNO2S. The number of hydrogen-bond acceptors (Lipinski definition) is 4. The second-order valence-corrected chi connectivity index (χ2v) is 6.49. The first-order valence-electron chi connectivity index (χ1n) is 5.26. The van der Waals surface area contributed by atoms with E-state index in [4.69, 9.17) is 4.74 Å². The monoisotopic (exact) mass is 317 g/mol. The summed E-state index contributed by atoms with van der Waals surface area (Å²) in [6.07, 6.45) is 3.54. The van der Waals surface area contributed by atoms with Gasteiger partial charge in [0.15, 0.2) is 0 Å². The highest BCUT2D eigenvalue weighted by molar-refractivity contribution is 9.10. The van der Waals surface area contributed by atoms with E-state index in [1.54, 1.807) is 12.4 Å². The van der Waals surface area contributed by atoms with Crippen molar-refractivity contribution in [1.29, 1.82) is 0 Å². The van der Waals surface area contributed by atoms with Gasteiger partial charge in [0.25, 0.3) is 0 Å². The second kappa shape index (κ2) is 6.40. The fourth-order valence-electron chi connectivity index (χ4n) is 1.16. The van der Waals surface area contributed by atoms with E-state index in [9.17, 15) is 4.79 Å². The summed E-state index contributed by atoms with van der Waals surface area (Å²) in [4.78, 5) is 15.5. The van der Waals surface area contributed by atoms with Gasteiger partial charge in [-0.1, -0.05) is 0 Å². The molecule has 3 nitrogen and oxygen atoms in total. The van der Waals surface area contributed by atoms with Gasteiger partial charge in [-0.05, 0) is 48.3 Å². The number of aromatic nitrogens is 1. The topological polar surface area (TPSA) is 39.2 Å². The molecule has 0 spiro atoms. The zero-order valence-corrected chi connectivity index (χ0v) is 12.6. The summed E-state index contributed by atoms with van der Waals surface area (Å²) in [5, 5.41) is 0. The summed E-state index contributed by atoms with van der Waals surface area (Å²) >= 11 is 4.89. The lowest BCUT2D eigenvalue weighted by Gasteiger charge is -2.19. The van der Waals surface area contributed by atoms with Crippen LogP contribution in [0.15, 0.2) is 22.9 Å². The van der Waals surface area contributed by atoms with Gasteiger partial charge in [-0.15, -0.1) is 11.8 Å². The van der Waals surface area contributed by atoms with Crippen molar-refractivity contribution in [1.82, 2.24) is 4.98 Å². The van der Waals surface area contributed by atoms with Crippen LogP contribution in [-0.2, 0) is 15.3 Å². The molecule has 1 rings (SSSR count). The maximum absolute atomic E-state index is 11.4. The van der Waals surface area contributed by atoms with Crippen LogP contribution in [0.1, 0.15) is 26.3 Å². The summed E-state index contributed by atoms with van der Waals surface area (Å²) in [5.74, 6) is 0.945. The molecule has 94 valence electrons. The van der Waals surface area contributed by atoms with E-state index in [0.717, 1.165) is 15.8 Å². The van der Waals surface area contributed by atoms with Gasteiger partial charge in [-0.25, -0.2) is 0 Å². The molecule has 1 aromatic heterocycles. The molecule has 0 saturated carbocycles. The van der Waals surface area contributed by atoms with E-state index in [0.29, 0.717) is 5.75 Å². The Labute approximate surface area is 114 Å². The molecule has 0 saturated heterocycles. The first-order chi connectivity index (χ1) is 7.87. The summed E-state index contributed by atoms with van der Waals surface area (Å²) < 4.78 is 6.17. The van der Waals surface area contributed by atoms with Crippen molar-refractivity contribution in [3.63, 3.8) is 0 Å². The van der Waals surface area contributed by atoms with Crippen LogP contribution in [0.4, 0.5) is 0 Å². The molecule has 0 unspecified atom stereocenters. The van der Waals surface area contributed by atoms with Crippen molar-refractivity contribution < 1.29 is 9.53 Å². The van der Waals surface area contributed by atoms with E-state index in [-0.39, 0.29) is 5.97 Å². The lowest BCUT2D eigenvalue weighted by atomic mass is 10.2. The maximum Gasteiger partial charge on any atom is 0.316 e. The van der Waals surface area contributed by atoms with Gasteiger partial charge >= 0.3 is 5.97 Å². The molecule has 0 amide bonds. The SMILES string of the molecule is CC(C)(C)OC(=O)CSCc1cncc(Br)c1. The Bertz CT molecular complexity index is 390. The quantitative estimate of drug-likeness (QED) is 0.798. The van der Waals surface area contributed by atoms with Gasteiger partial charge in [-0.3, -0.25) is 9.78 Å². The van der Waals surface area contributed by atoms with E-state index in [1.165, 1.54) is 11.8 Å². The predicted molar refractivity (Wildman–Crippen MR) is 73.9 cm³/mol. The fraction of sp³-hybridized carbons (Fsp3) is 0.500. The van der Waals surface area contributed by atoms with Crippen molar-refractivity contribution in [3.05, 3.63) is 28.5 Å². The van der Waals surface area contributed by atoms with Gasteiger partial charge in [-0.2, -0.15) is 0 Å². The minimum atomic E-state index is -0.408. The van der Waals surface area contributed by atoms with Crippen LogP contribution in [0.2, 0.25) is 0 Å². The molecule has 1 heterocycles. The van der Waals surface area contributed by atoms with Crippen molar-refractivity contribution >= 4 is 33.7 Å². The number of esters is 1. The highest BCUT2D eigenvalue weighted by Crippen LogP contribution is 2.16. The van der Waals surface area contributed by atoms with Gasteiger partial charge in [0.2, 0.25) is 0 Å². The average molecular weight is 318 g/mol. The highest BCUT2D eigenvalue weighted by Gasteiger charge is 2.15. The molecule has 0 radical (unpaired) electrons. The fourth-order valence-corrected chi connectivity index (χ4v) is 2.29.